The molecule has 1 aliphatic heterocycles. The maximum absolute atomic E-state index is 12.7. The fraction of sp³-hybridized carbons (Fsp3) is 0.316. The van der Waals surface area contributed by atoms with Crippen molar-refractivity contribution in [3.63, 3.8) is 0 Å². The summed E-state index contributed by atoms with van der Waals surface area (Å²) >= 11 is 3.43. The van der Waals surface area contributed by atoms with E-state index in [2.05, 4.69) is 21.2 Å². The van der Waals surface area contributed by atoms with Crippen molar-refractivity contribution in [2.75, 3.05) is 22.4 Å². The Kier molecular flexibility index (Phi) is 5.48. The standard InChI is InChI=1S/C19H21BrN2O4S/c1-12-4-7-17-16(10-12)22(27(3,24)25)9-8-18(26-17)19(23)21-14-5-6-15(20)13(2)11-14/h4-7,10-11,18H,8-9H2,1-3H3,(H,21,23)/t18-/m0/s1. The van der Waals surface area contributed by atoms with Gasteiger partial charge in [-0.1, -0.05) is 22.0 Å². The molecule has 0 fully saturated rings. The van der Waals surface area contributed by atoms with E-state index in [0.717, 1.165) is 21.9 Å². The molecule has 0 aromatic heterocycles. The van der Waals surface area contributed by atoms with Crippen molar-refractivity contribution in [2.24, 2.45) is 0 Å². The average molecular weight is 453 g/mol. The number of carbonyl (C=O) groups is 1. The number of nitrogens with one attached hydrogen (secondary N) is 1. The molecule has 2 aromatic rings. The Labute approximate surface area is 167 Å². The fourth-order valence-electron chi connectivity index (χ4n) is 2.96. The molecule has 6 nitrogen and oxygen atoms in total. The molecule has 0 radical (unpaired) electrons. The maximum atomic E-state index is 12.7. The Morgan fingerprint density at radius 2 is 1.96 bits per heavy atom. The van der Waals surface area contributed by atoms with E-state index in [1.807, 2.05) is 32.0 Å². The number of anilines is 2. The number of benzene rings is 2. The third-order valence-corrected chi connectivity index (χ3v) is 6.43. The van der Waals surface area contributed by atoms with Crippen LogP contribution in [0.3, 0.4) is 0 Å². The maximum Gasteiger partial charge on any atom is 0.265 e. The molecule has 1 N–H and O–H groups in total. The molecule has 1 amide bonds. The lowest BCUT2D eigenvalue weighted by Gasteiger charge is -2.21. The van der Waals surface area contributed by atoms with Crippen LogP contribution in [0.1, 0.15) is 17.5 Å². The summed E-state index contributed by atoms with van der Waals surface area (Å²) in [5.74, 6) is 0.0780. The first-order chi connectivity index (χ1) is 12.6. The second kappa shape index (κ2) is 7.52. The predicted octanol–water partition coefficient (Wildman–Crippen LogP) is 3.62. The van der Waals surface area contributed by atoms with Gasteiger partial charge in [0.05, 0.1) is 11.9 Å². The van der Waals surface area contributed by atoms with Gasteiger partial charge >= 0.3 is 0 Å². The summed E-state index contributed by atoms with van der Waals surface area (Å²) in [7, 11) is -3.48. The molecule has 8 heteroatoms. The first-order valence-corrected chi connectivity index (χ1v) is 11.1. The lowest BCUT2D eigenvalue weighted by atomic mass is 10.2. The quantitative estimate of drug-likeness (QED) is 0.771. The summed E-state index contributed by atoms with van der Waals surface area (Å²) in [6, 6.07) is 10.8. The topological polar surface area (TPSA) is 75.7 Å². The van der Waals surface area contributed by atoms with Crippen LogP contribution in [0.5, 0.6) is 5.75 Å². The van der Waals surface area contributed by atoms with Crippen LogP contribution in [0.15, 0.2) is 40.9 Å². The number of carbonyl (C=O) groups excluding carboxylic acids is 1. The number of hydrogen-bond donors (Lipinski definition) is 1. The highest BCUT2D eigenvalue weighted by Crippen LogP contribution is 2.35. The van der Waals surface area contributed by atoms with Crippen LogP contribution >= 0.6 is 15.9 Å². The van der Waals surface area contributed by atoms with Gasteiger partial charge in [-0.2, -0.15) is 0 Å². The van der Waals surface area contributed by atoms with Gasteiger partial charge in [0.1, 0.15) is 5.75 Å². The number of ether oxygens (including phenoxy) is 1. The van der Waals surface area contributed by atoms with E-state index in [1.54, 1.807) is 18.2 Å². The van der Waals surface area contributed by atoms with Crippen LogP contribution < -0.4 is 14.4 Å². The molecular weight excluding hydrogens is 432 g/mol. The highest BCUT2D eigenvalue weighted by atomic mass is 79.9. The second-order valence-electron chi connectivity index (χ2n) is 6.65. The normalized spacial score (nSPS) is 16.9. The van der Waals surface area contributed by atoms with Crippen molar-refractivity contribution in [1.29, 1.82) is 0 Å². The van der Waals surface area contributed by atoms with Gasteiger partial charge in [-0.15, -0.1) is 0 Å². The fourth-order valence-corrected chi connectivity index (χ4v) is 4.15. The number of rotatable bonds is 3. The molecule has 27 heavy (non-hydrogen) atoms. The number of sulfonamides is 1. The van der Waals surface area contributed by atoms with Gasteiger partial charge in [0, 0.05) is 23.1 Å². The van der Waals surface area contributed by atoms with Crippen LogP contribution in [-0.2, 0) is 14.8 Å². The zero-order valence-corrected chi connectivity index (χ0v) is 17.7. The molecule has 0 saturated carbocycles. The third-order valence-electron chi connectivity index (χ3n) is 4.36. The minimum absolute atomic E-state index is 0.173. The summed E-state index contributed by atoms with van der Waals surface area (Å²) in [5, 5.41) is 2.85. The SMILES string of the molecule is Cc1ccc2c(c1)N(S(C)(=O)=O)CC[C@@H](C(=O)Nc1ccc(Br)c(C)c1)O2. The van der Waals surface area contributed by atoms with Crippen LogP contribution in [-0.4, -0.2) is 33.2 Å². The van der Waals surface area contributed by atoms with E-state index in [-0.39, 0.29) is 18.9 Å². The highest BCUT2D eigenvalue weighted by molar-refractivity contribution is 9.10. The van der Waals surface area contributed by atoms with E-state index >= 15 is 0 Å². The van der Waals surface area contributed by atoms with Gasteiger partial charge in [-0.25, -0.2) is 8.42 Å². The molecule has 0 saturated heterocycles. The average Bonchev–Trinajstić information content (AvgIpc) is 2.77. The number of nitrogens with zero attached hydrogens (tertiary/aromatic N) is 1. The number of aryl methyl sites for hydroxylation is 2. The minimum Gasteiger partial charge on any atom is -0.478 e. The van der Waals surface area contributed by atoms with E-state index < -0.39 is 16.1 Å². The Morgan fingerprint density at radius 3 is 2.63 bits per heavy atom. The van der Waals surface area contributed by atoms with E-state index in [9.17, 15) is 13.2 Å². The van der Waals surface area contributed by atoms with Gasteiger partial charge in [0.15, 0.2) is 6.10 Å². The summed E-state index contributed by atoms with van der Waals surface area (Å²) in [4.78, 5) is 12.7. The van der Waals surface area contributed by atoms with Gasteiger partial charge in [0.2, 0.25) is 10.0 Å². The van der Waals surface area contributed by atoms with Crippen molar-refractivity contribution in [1.82, 2.24) is 0 Å². The largest absolute Gasteiger partial charge is 0.478 e. The lowest BCUT2D eigenvalue weighted by molar-refractivity contribution is -0.122. The summed E-state index contributed by atoms with van der Waals surface area (Å²) in [6.07, 6.45) is 0.619. The second-order valence-corrected chi connectivity index (χ2v) is 9.42. The zero-order valence-electron chi connectivity index (χ0n) is 15.3. The van der Waals surface area contributed by atoms with Gasteiger partial charge in [-0.05, 0) is 55.3 Å². The van der Waals surface area contributed by atoms with Crippen molar-refractivity contribution in [3.8, 4) is 5.75 Å². The number of fused-ring (bicyclic) bond motifs is 1. The molecule has 1 atom stereocenters. The molecule has 0 bridgehead atoms. The Hall–Kier alpha value is -2.06. The van der Waals surface area contributed by atoms with Crippen molar-refractivity contribution < 1.29 is 17.9 Å². The number of amides is 1. The van der Waals surface area contributed by atoms with Crippen LogP contribution in [0, 0.1) is 13.8 Å². The molecule has 0 spiro atoms. The molecule has 2 aromatic carbocycles. The monoisotopic (exact) mass is 452 g/mol. The number of hydrogen-bond acceptors (Lipinski definition) is 4. The van der Waals surface area contributed by atoms with E-state index in [0.29, 0.717) is 17.1 Å². The van der Waals surface area contributed by atoms with Crippen LogP contribution in [0.25, 0.3) is 0 Å². The van der Waals surface area contributed by atoms with E-state index in [1.165, 1.54) is 4.31 Å². The Bertz CT molecular complexity index is 991. The summed E-state index contributed by atoms with van der Waals surface area (Å²) in [6.45, 7) is 3.99. The van der Waals surface area contributed by atoms with Crippen LogP contribution in [0.2, 0.25) is 0 Å². The van der Waals surface area contributed by atoms with Gasteiger partial charge < -0.3 is 10.1 Å². The van der Waals surface area contributed by atoms with Crippen molar-refractivity contribution in [3.05, 3.63) is 52.0 Å². The first-order valence-electron chi connectivity index (χ1n) is 8.47. The first kappa shape index (κ1) is 19.7. The minimum atomic E-state index is -3.48. The van der Waals surface area contributed by atoms with Gasteiger partial charge in [-0.3, -0.25) is 9.10 Å². The Balaban J connectivity index is 1.87. The molecule has 144 valence electrons. The molecule has 0 aliphatic carbocycles. The third kappa shape index (κ3) is 4.44. The van der Waals surface area contributed by atoms with Gasteiger partial charge in [0.25, 0.3) is 5.91 Å². The molecule has 0 unspecified atom stereocenters. The van der Waals surface area contributed by atoms with Crippen molar-refractivity contribution in [2.45, 2.75) is 26.4 Å². The predicted molar refractivity (Wildman–Crippen MR) is 110 cm³/mol. The van der Waals surface area contributed by atoms with Crippen molar-refractivity contribution >= 4 is 43.2 Å². The highest BCUT2D eigenvalue weighted by Gasteiger charge is 2.31. The Morgan fingerprint density at radius 1 is 1.22 bits per heavy atom. The lowest BCUT2D eigenvalue weighted by Crippen LogP contribution is -2.36. The van der Waals surface area contributed by atoms with E-state index in [4.69, 9.17) is 4.74 Å². The smallest absolute Gasteiger partial charge is 0.265 e. The molecule has 1 heterocycles. The summed E-state index contributed by atoms with van der Waals surface area (Å²) in [5.41, 5.74) is 3.04. The summed E-state index contributed by atoms with van der Waals surface area (Å²) < 4.78 is 32.6. The zero-order chi connectivity index (χ0) is 19.8. The number of halogens is 1. The molecular formula is C19H21BrN2O4S. The van der Waals surface area contributed by atoms with Crippen LogP contribution in [0.4, 0.5) is 11.4 Å². The molecule has 3 rings (SSSR count). The molecule has 1 aliphatic rings.